The largest absolute Gasteiger partial charge is 0.399 e. The highest BCUT2D eigenvalue weighted by atomic mass is 16.1. The summed E-state index contributed by atoms with van der Waals surface area (Å²) in [5, 5.41) is 13.4. The molecule has 2 N–H and O–H groups in total. The van der Waals surface area contributed by atoms with Gasteiger partial charge in [-0.15, -0.1) is 0 Å². The Labute approximate surface area is 123 Å². The Kier molecular flexibility index (Phi) is 3.90. The third kappa shape index (κ3) is 2.84. The molecule has 0 atom stereocenters. The van der Waals surface area contributed by atoms with Crippen molar-refractivity contribution in [2.45, 2.75) is 20.8 Å². The zero-order valence-electron chi connectivity index (χ0n) is 12.2. The van der Waals surface area contributed by atoms with Gasteiger partial charge in [-0.25, -0.2) is 4.68 Å². The van der Waals surface area contributed by atoms with E-state index in [4.69, 9.17) is 11.0 Å². The fourth-order valence-corrected chi connectivity index (χ4v) is 2.07. The van der Waals surface area contributed by atoms with Crippen LogP contribution in [0.15, 0.2) is 40.2 Å². The number of nitriles is 1. The van der Waals surface area contributed by atoms with Gasteiger partial charge in [0.05, 0.1) is 5.71 Å². The van der Waals surface area contributed by atoms with Crippen molar-refractivity contribution < 1.29 is 0 Å². The molecule has 0 bridgehead atoms. The van der Waals surface area contributed by atoms with Gasteiger partial charge in [-0.1, -0.05) is 12.1 Å². The molecule has 0 aliphatic carbocycles. The fourth-order valence-electron chi connectivity index (χ4n) is 2.07. The number of rotatable bonds is 2. The van der Waals surface area contributed by atoms with Gasteiger partial charge >= 0.3 is 0 Å². The van der Waals surface area contributed by atoms with Gasteiger partial charge in [0.2, 0.25) is 0 Å². The average Bonchev–Trinajstić information content (AvgIpc) is 2.44. The highest BCUT2D eigenvalue weighted by molar-refractivity contribution is 5.98. The second-order valence-corrected chi connectivity index (χ2v) is 4.88. The number of benzene rings is 1. The SMILES string of the molecule is C/C(=N\n1c(C)cc(C)c(C#N)c1=O)c1ccc(N)cc1. The molecule has 0 amide bonds. The van der Waals surface area contributed by atoms with Gasteiger partial charge in [-0.05, 0) is 50.1 Å². The van der Waals surface area contributed by atoms with Gasteiger partial charge in [-0.2, -0.15) is 10.4 Å². The minimum Gasteiger partial charge on any atom is -0.399 e. The van der Waals surface area contributed by atoms with Crippen molar-refractivity contribution in [3.05, 3.63) is 63.1 Å². The maximum Gasteiger partial charge on any atom is 0.289 e. The van der Waals surface area contributed by atoms with E-state index in [1.54, 1.807) is 32.0 Å². The predicted octanol–water partition coefficient (Wildman–Crippen LogP) is 2.19. The van der Waals surface area contributed by atoms with Crippen LogP contribution in [-0.4, -0.2) is 10.4 Å². The molecule has 1 aromatic heterocycles. The number of hydrogen-bond donors (Lipinski definition) is 1. The highest BCUT2D eigenvalue weighted by Gasteiger charge is 2.10. The third-order valence-corrected chi connectivity index (χ3v) is 3.25. The maximum absolute atomic E-state index is 12.3. The highest BCUT2D eigenvalue weighted by Crippen LogP contribution is 2.09. The lowest BCUT2D eigenvalue weighted by molar-refractivity contribution is 0.781. The van der Waals surface area contributed by atoms with E-state index in [0.29, 0.717) is 22.7 Å². The molecule has 106 valence electrons. The number of nitrogens with zero attached hydrogens (tertiary/aromatic N) is 3. The summed E-state index contributed by atoms with van der Waals surface area (Å²) in [5.41, 5.74) is 8.93. The number of hydrogen-bond acceptors (Lipinski definition) is 4. The Morgan fingerprint density at radius 1 is 1.29 bits per heavy atom. The summed E-state index contributed by atoms with van der Waals surface area (Å²) < 4.78 is 1.26. The Hall–Kier alpha value is -2.87. The number of nitrogens with two attached hydrogens (primary N) is 1. The molecule has 0 saturated heterocycles. The molecule has 1 heterocycles. The van der Waals surface area contributed by atoms with Crippen LogP contribution in [0.3, 0.4) is 0 Å². The lowest BCUT2D eigenvalue weighted by atomic mass is 10.1. The summed E-state index contributed by atoms with van der Waals surface area (Å²) in [4.78, 5) is 12.3. The van der Waals surface area contributed by atoms with Gasteiger partial charge in [-0.3, -0.25) is 4.79 Å². The molecule has 0 saturated carbocycles. The number of anilines is 1. The topological polar surface area (TPSA) is 84.2 Å². The monoisotopic (exact) mass is 280 g/mol. The molecule has 5 heteroatoms. The van der Waals surface area contributed by atoms with Crippen LogP contribution < -0.4 is 11.3 Å². The van der Waals surface area contributed by atoms with E-state index in [9.17, 15) is 4.79 Å². The minimum atomic E-state index is -0.398. The first kappa shape index (κ1) is 14.5. The van der Waals surface area contributed by atoms with Crippen molar-refractivity contribution in [3.8, 4) is 6.07 Å². The number of aromatic nitrogens is 1. The molecular formula is C16H16N4O. The summed E-state index contributed by atoms with van der Waals surface area (Å²) in [6.45, 7) is 5.34. The van der Waals surface area contributed by atoms with Gasteiger partial charge in [0.1, 0.15) is 11.6 Å². The van der Waals surface area contributed by atoms with E-state index >= 15 is 0 Å². The quantitative estimate of drug-likeness (QED) is 0.676. The average molecular weight is 280 g/mol. The Bertz CT molecular complexity index is 808. The Morgan fingerprint density at radius 3 is 2.48 bits per heavy atom. The number of pyridine rings is 1. The van der Waals surface area contributed by atoms with Crippen molar-refractivity contribution in [2.75, 3.05) is 5.73 Å². The standard InChI is InChI=1S/C16H16N4O/c1-10-8-11(2)20(16(21)15(10)9-17)19-12(3)13-4-6-14(18)7-5-13/h4-8H,18H2,1-3H3/b19-12+. The van der Waals surface area contributed by atoms with Crippen LogP contribution >= 0.6 is 0 Å². The lowest BCUT2D eigenvalue weighted by Gasteiger charge is -2.08. The van der Waals surface area contributed by atoms with Crippen molar-refractivity contribution in [3.63, 3.8) is 0 Å². The lowest BCUT2D eigenvalue weighted by Crippen LogP contribution is -2.23. The van der Waals surface area contributed by atoms with Crippen molar-refractivity contribution in [1.29, 1.82) is 5.26 Å². The molecule has 0 fully saturated rings. The minimum absolute atomic E-state index is 0.120. The van der Waals surface area contributed by atoms with E-state index in [-0.39, 0.29) is 5.56 Å². The Morgan fingerprint density at radius 2 is 1.90 bits per heavy atom. The van der Waals surface area contributed by atoms with Crippen LogP contribution in [0, 0.1) is 25.2 Å². The fraction of sp³-hybridized carbons (Fsp3) is 0.188. The van der Waals surface area contributed by atoms with Crippen LogP contribution in [0.5, 0.6) is 0 Å². The molecule has 2 aromatic rings. The summed E-state index contributed by atoms with van der Waals surface area (Å²) in [6.07, 6.45) is 0. The second-order valence-electron chi connectivity index (χ2n) is 4.88. The first-order valence-electron chi connectivity index (χ1n) is 6.49. The van der Waals surface area contributed by atoms with Crippen LogP contribution in [-0.2, 0) is 0 Å². The predicted molar refractivity (Wildman–Crippen MR) is 83.4 cm³/mol. The van der Waals surface area contributed by atoms with Gasteiger partial charge < -0.3 is 5.73 Å². The summed E-state index contributed by atoms with van der Waals surface area (Å²) in [7, 11) is 0. The summed E-state index contributed by atoms with van der Waals surface area (Å²) >= 11 is 0. The molecule has 21 heavy (non-hydrogen) atoms. The zero-order valence-corrected chi connectivity index (χ0v) is 12.2. The van der Waals surface area contributed by atoms with E-state index < -0.39 is 5.56 Å². The zero-order chi connectivity index (χ0) is 15.6. The van der Waals surface area contributed by atoms with Crippen LogP contribution in [0.4, 0.5) is 5.69 Å². The normalized spacial score (nSPS) is 11.2. The van der Waals surface area contributed by atoms with Crippen LogP contribution in [0.2, 0.25) is 0 Å². The van der Waals surface area contributed by atoms with E-state index in [1.165, 1.54) is 4.68 Å². The first-order chi connectivity index (χ1) is 9.93. The summed E-state index contributed by atoms with van der Waals surface area (Å²) in [6, 6.07) is 10.9. The molecule has 0 radical (unpaired) electrons. The van der Waals surface area contributed by atoms with Gasteiger partial charge in [0.15, 0.2) is 0 Å². The van der Waals surface area contributed by atoms with E-state index in [1.807, 2.05) is 25.1 Å². The molecular weight excluding hydrogens is 264 g/mol. The first-order valence-corrected chi connectivity index (χ1v) is 6.49. The van der Waals surface area contributed by atoms with Crippen molar-refractivity contribution in [1.82, 2.24) is 4.68 Å². The Balaban J connectivity index is 2.58. The molecule has 0 spiro atoms. The van der Waals surface area contributed by atoms with Crippen LogP contribution in [0.1, 0.15) is 29.3 Å². The molecule has 1 aromatic carbocycles. The third-order valence-electron chi connectivity index (χ3n) is 3.25. The number of aryl methyl sites for hydroxylation is 2. The van der Waals surface area contributed by atoms with Crippen LogP contribution in [0.25, 0.3) is 0 Å². The van der Waals surface area contributed by atoms with Crippen molar-refractivity contribution in [2.24, 2.45) is 5.10 Å². The molecule has 0 aliphatic rings. The van der Waals surface area contributed by atoms with Gasteiger partial charge in [0.25, 0.3) is 5.56 Å². The number of nitrogen functional groups attached to an aromatic ring is 1. The summed E-state index contributed by atoms with van der Waals surface area (Å²) in [5.74, 6) is 0. The molecule has 2 rings (SSSR count). The molecule has 0 unspecified atom stereocenters. The van der Waals surface area contributed by atoms with E-state index in [0.717, 1.165) is 5.56 Å². The maximum atomic E-state index is 12.3. The van der Waals surface area contributed by atoms with Gasteiger partial charge in [0, 0.05) is 11.4 Å². The van der Waals surface area contributed by atoms with E-state index in [2.05, 4.69) is 5.10 Å². The second kappa shape index (κ2) is 5.63. The van der Waals surface area contributed by atoms with Crippen molar-refractivity contribution >= 4 is 11.4 Å². The molecule has 0 aliphatic heterocycles. The molecule has 5 nitrogen and oxygen atoms in total. The smallest absolute Gasteiger partial charge is 0.289 e.